The number of amides is 1. The smallest absolute Gasteiger partial charge is 0.326 e. The van der Waals surface area contributed by atoms with Gasteiger partial charge in [0.15, 0.2) is 0 Å². The molecule has 1 N–H and O–H groups in total. The van der Waals surface area contributed by atoms with Gasteiger partial charge < -0.3 is 10.0 Å². The summed E-state index contributed by atoms with van der Waals surface area (Å²) in [4.78, 5) is 29.9. The molecule has 5 heteroatoms. The minimum absolute atomic E-state index is 0.221. The van der Waals surface area contributed by atoms with Crippen LogP contribution in [0.3, 0.4) is 0 Å². The number of hydrogen-bond donors (Lipinski definition) is 1. The summed E-state index contributed by atoms with van der Waals surface area (Å²) < 4.78 is 0. The van der Waals surface area contributed by atoms with Crippen LogP contribution < -0.4 is 0 Å². The van der Waals surface area contributed by atoms with Crippen molar-refractivity contribution >= 4 is 22.8 Å². The zero-order valence-corrected chi connectivity index (χ0v) is 11.7. The fraction of sp³-hybridized carbons (Fsp3) is 0.312. The second-order valence-corrected chi connectivity index (χ2v) is 5.32. The second-order valence-electron chi connectivity index (χ2n) is 5.32. The average Bonchev–Trinajstić information content (AvgIpc) is 2.95. The summed E-state index contributed by atoms with van der Waals surface area (Å²) in [7, 11) is 0. The molecular weight excluding hydrogens is 268 g/mol. The van der Waals surface area contributed by atoms with E-state index in [-0.39, 0.29) is 5.91 Å². The number of aryl methyl sites for hydroxylation is 1. The van der Waals surface area contributed by atoms with Crippen LogP contribution in [0.25, 0.3) is 10.9 Å². The lowest BCUT2D eigenvalue weighted by Crippen LogP contribution is -2.40. The lowest BCUT2D eigenvalue weighted by atomic mass is 10.1. The molecule has 0 bridgehead atoms. The zero-order valence-electron chi connectivity index (χ0n) is 11.7. The molecule has 1 aromatic carbocycles. The maximum atomic E-state index is 12.8. The van der Waals surface area contributed by atoms with Crippen molar-refractivity contribution in [3.05, 3.63) is 41.6 Å². The van der Waals surface area contributed by atoms with Gasteiger partial charge in [-0.25, -0.2) is 4.79 Å². The molecule has 21 heavy (non-hydrogen) atoms. The topological polar surface area (TPSA) is 70.5 Å². The minimum atomic E-state index is -0.934. The monoisotopic (exact) mass is 284 g/mol. The van der Waals surface area contributed by atoms with Gasteiger partial charge in [-0.15, -0.1) is 0 Å². The fourth-order valence-corrected chi connectivity index (χ4v) is 2.91. The van der Waals surface area contributed by atoms with Crippen LogP contribution in [0.2, 0.25) is 0 Å². The van der Waals surface area contributed by atoms with E-state index in [1.54, 1.807) is 6.07 Å². The van der Waals surface area contributed by atoms with E-state index >= 15 is 0 Å². The van der Waals surface area contributed by atoms with Crippen molar-refractivity contribution in [2.75, 3.05) is 6.54 Å². The average molecular weight is 284 g/mol. The first kappa shape index (κ1) is 13.5. The highest BCUT2D eigenvalue weighted by Crippen LogP contribution is 2.24. The quantitative estimate of drug-likeness (QED) is 0.918. The molecule has 0 saturated carbocycles. The predicted molar refractivity (Wildman–Crippen MR) is 78.2 cm³/mol. The summed E-state index contributed by atoms with van der Waals surface area (Å²) in [6.07, 6.45) is 1.24. The minimum Gasteiger partial charge on any atom is -0.480 e. The molecule has 1 amide bonds. The molecule has 1 aromatic heterocycles. The van der Waals surface area contributed by atoms with Crippen LogP contribution in [0.4, 0.5) is 0 Å². The summed E-state index contributed by atoms with van der Waals surface area (Å²) in [5.74, 6) is -1.16. The maximum absolute atomic E-state index is 12.8. The van der Waals surface area contributed by atoms with E-state index in [1.165, 1.54) is 4.90 Å². The third-order valence-corrected chi connectivity index (χ3v) is 3.87. The SMILES string of the molecule is Cc1cc(C(=O)N2CCCC2C(=O)O)c2ccccc2n1. The number of hydrogen-bond acceptors (Lipinski definition) is 3. The summed E-state index contributed by atoms with van der Waals surface area (Å²) in [5, 5.41) is 10.0. The van der Waals surface area contributed by atoms with Gasteiger partial charge in [-0.05, 0) is 31.9 Å². The lowest BCUT2D eigenvalue weighted by Gasteiger charge is -2.22. The second kappa shape index (κ2) is 5.16. The number of carboxylic acids is 1. The first-order valence-corrected chi connectivity index (χ1v) is 6.98. The standard InChI is InChI=1S/C16H16N2O3/c1-10-9-12(11-5-2-3-6-13(11)17-10)15(19)18-8-4-7-14(18)16(20)21/h2-3,5-6,9,14H,4,7-8H2,1H3,(H,20,21). The van der Waals surface area contributed by atoms with Gasteiger partial charge in [-0.2, -0.15) is 0 Å². The van der Waals surface area contributed by atoms with Crippen molar-refractivity contribution in [3.8, 4) is 0 Å². The number of likely N-dealkylation sites (tertiary alicyclic amines) is 1. The fourth-order valence-electron chi connectivity index (χ4n) is 2.91. The molecule has 0 spiro atoms. The number of carbonyl (C=O) groups excluding carboxylic acids is 1. The Hall–Kier alpha value is -2.43. The number of aliphatic carboxylic acids is 1. The molecule has 0 radical (unpaired) electrons. The number of benzene rings is 1. The number of para-hydroxylation sites is 1. The lowest BCUT2D eigenvalue weighted by molar-refractivity contribution is -0.141. The van der Waals surface area contributed by atoms with E-state index in [0.717, 1.165) is 23.0 Å². The zero-order chi connectivity index (χ0) is 15.0. The van der Waals surface area contributed by atoms with E-state index in [1.807, 2.05) is 31.2 Å². The van der Waals surface area contributed by atoms with Crippen LogP contribution in [0, 0.1) is 6.92 Å². The highest BCUT2D eigenvalue weighted by atomic mass is 16.4. The Morgan fingerprint density at radius 1 is 1.33 bits per heavy atom. The number of aromatic nitrogens is 1. The van der Waals surface area contributed by atoms with Gasteiger partial charge >= 0.3 is 5.97 Å². The number of fused-ring (bicyclic) bond motifs is 1. The molecule has 5 nitrogen and oxygen atoms in total. The van der Waals surface area contributed by atoms with E-state index in [4.69, 9.17) is 0 Å². The van der Waals surface area contributed by atoms with Crippen LogP contribution in [-0.4, -0.2) is 39.5 Å². The number of pyridine rings is 1. The Morgan fingerprint density at radius 2 is 2.10 bits per heavy atom. The molecule has 1 saturated heterocycles. The van der Waals surface area contributed by atoms with E-state index in [0.29, 0.717) is 18.5 Å². The molecule has 1 aliphatic rings. The number of carboxylic acid groups (broad SMARTS) is 1. The van der Waals surface area contributed by atoms with Crippen LogP contribution in [-0.2, 0) is 4.79 Å². The van der Waals surface area contributed by atoms with Crippen molar-refractivity contribution in [1.82, 2.24) is 9.88 Å². The molecule has 2 aromatic rings. The van der Waals surface area contributed by atoms with Gasteiger partial charge in [0.1, 0.15) is 6.04 Å². The number of nitrogens with zero attached hydrogens (tertiary/aromatic N) is 2. The summed E-state index contributed by atoms with van der Waals surface area (Å²) >= 11 is 0. The van der Waals surface area contributed by atoms with E-state index < -0.39 is 12.0 Å². The highest BCUT2D eigenvalue weighted by Gasteiger charge is 2.35. The summed E-state index contributed by atoms with van der Waals surface area (Å²) in [6, 6.07) is 8.46. The van der Waals surface area contributed by atoms with Crippen LogP contribution in [0.5, 0.6) is 0 Å². The largest absolute Gasteiger partial charge is 0.480 e. The molecule has 1 atom stereocenters. The molecular formula is C16H16N2O3. The van der Waals surface area contributed by atoms with Crippen molar-refractivity contribution in [1.29, 1.82) is 0 Å². The van der Waals surface area contributed by atoms with Gasteiger partial charge in [0.05, 0.1) is 11.1 Å². The normalized spacial score (nSPS) is 18.1. The first-order valence-electron chi connectivity index (χ1n) is 6.98. The molecule has 1 unspecified atom stereocenters. The van der Waals surface area contributed by atoms with Crippen LogP contribution >= 0.6 is 0 Å². The molecule has 2 heterocycles. The molecule has 3 rings (SSSR count). The number of rotatable bonds is 2. The number of carbonyl (C=O) groups is 2. The van der Waals surface area contributed by atoms with Crippen LogP contribution in [0.1, 0.15) is 28.9 Å². The van der Waals surface area contributed by atoms with Crippen molar-refractivity contribution in [3.63, 3.8) is 0 Å². The van der Waals surface area contributed by atoms with Crippen molar-refractivity contribution in [2.24, 2.45) is 0 Å². The highest BCUT2D eigenvalue weighted by molar-refractivity contribution is 6.07. The van der Waals surface area contributed by atoms with Crippen molar-refractivity contribution < 1.29 is 14.7 Å². The Balaban J connectivity index is 2.07. The summed E-state index contributed by atoms with van der Waals surface area (Å²) in [5.41, 5.74) is 2.04. The third-order valence-electron chi connectivity index (χ3n) is 3.87. The molecule has 1 fully saturated rings. The van der Waals surface area contributed by atoms with E-state index in [2.05, 4.69) is 4.98 Å². The maximum Gasteiger partial charge on any atom is 0.326 e. The predicted octanol–water partition coefficient (Wildman–Crippen LogP) is 2.23. The third kappa shape index (κ3) is 2.35. The van der Waals surface area contributed by atoms with Gasteiger partial charge in [0, 0.05) is 17.6 Å². The molecule has 108 valence electrons. The first-order chi connectivity index (χ1) is 10.1. The Morgan fingerprint density at radius 3 is 2.86 bits per heavy atom. The van der Waals surface area contributed by atoms with Gasteiger partial charge in [-0.1, -0.05) is 18.2 Å². The molecule has 0 aliphatic carbocycles. The van der Waals surface area contributed by atoms with Gasteiger partial charge in [-0.3, -0.25) is 9.78 Å². The Labute approximate surface area is 122 Å². The van der Waals surface area contributed by atoms with Crippen LogP contribution in [0.15, 0.2) is 30.3 Å². The van der Waals surface area contributed by atoms with Crippen molar-refractivity contribution in [2.45, 2.75) is 25.8 Å². The van der Waals surface area contributed by atoms with E-state index in [9.17, 15) is 14.7 Å². The van der Waals surface area contributed by atoms with Gasteiger partial charge in [0.2, 0.25) is 0 Å². The molecule has 1 aliphatic heterocycles. The summed E-state index contributed by atoms with van der Waals surface area (Å²) in [6.45, 7) is 2.33. The Bertz CT molecular complexity index is 727. The Kier molecular flexibility index (Phi) is 3.33. The van der Waals surface area contributed by atoms with Gasteiger partial charge in [0.25, 0.3) is 5.91 Å².